The Morgan fingerprint density at radius 2 is 1.95 bits per heavy atom. The predicted molar refractivity (Wildman–Crippen MR) is 90.0 cm³/mol. The summed E-state index contributed by atoms with van der Waals surface area (Å²) < 4.78 is 0. The highest BCUT2D eigenvalue weighted by molar-refractivity contribution is 7.09. The van der Waals surface area contributed by atoms with E-state index in [9.17, 15) is 0 Å². The summed E-state index contributed by atoms with van der Waals surface area (Å²) in [5.74, 6) is 0.634. The van der Waals surface area contributed by atoms with Gasteiger partial charge in [0.25, 0.3) is 0 Å². The molecule has 1 aromatic heterocycles. The van der Waals surface area contributed by atoms with Crippen LogP contribution < -0.4 is 5.32 Å². The average Bonchev–Trinajstić information content (AvgIpc) is 3.21. The fourth-order valence-electron chi connectivity index (χ4n) is 2.69. The maximum Gasteiger partial charge on any atom is 0.0897 e. The Labute approximate surface area is 131 Å². The van der Waals surface area contributed by atoms with Gasteiger partial charge in [0.2, 0.25) is 0 Å². The lowest BCUT2D eigenvalue weighted by molar-refractivity contribution is 0.465. The molecule has 0 bridgehead atoms. The molecule has 1 N–H and O–H groups in total. The SMILES string of the molecule is Cc1ccc(CC(CNC2CC2)Cc2csc(C)n2)cc1. The summed E-state index contributed by atoms with van der Waals surface area (Å²) in [6, 6.07) is 9.75. The van der Waals surface area contributed by atoms with Gasteiger partial charge in [-0.25, -0.2) is 4.98 Å². The number of benzene rings is 1. The summed E-state index contributed by atoms with van der Waals surface area (Å²) in [5, 5.41) is 7.08. The lowest BCUT2D eigenvalue weighted by atomic mass is 9.94. The molecule has 0 radical (unpaired) electrons. The molecule has 1 heterocycles. The van der Waals surface area contributed by atoms with Gasteiger partial charge in [0.15, 0.2) is 0 Å². The monoisotopic (exact) mass is 300 g/mol. The van der Waals surface area contributed by atoms with Gasteiger partial charge >= 0.3 is 0 Å². The normalized spacial score (nSPS) is 16.1. The largest absolute Gasteiger partial charge is 0.314 e. The Morgan fingerprint density at radius 1 is 1.19 bits per heavy atom. The van der Waals surface area contributed by atoms with E-state index >= 15 is 0 Å². The fraction of sp³-hybridized carbons (Fsp3) is 0.500. The maximum atomic E-state index is 4.64. The van der Waals surface area contributed by atoms with Crippen molar-refractivity contribution in [3.8, 4) is 0 Å². The topological polar surface area (TPSA) is 24.9 Å². The molecule has 0 amide bonds. The second-order valence-electron chi connectivity index (χ2n) is 6.30. The molecular formula is C18H24N2S. The van der Waals surface area contributed by atoms with Gasteiger partial charge in [0.1, 0.15) is 0 Å². The van der Waals surface area contributed by atoms with E-state index in [2.05, 4.69) is 53.8 Å². The molecule has 1 fully saturated rings. The van der Waals surface area contributed by atoms with Gasteiger partial charge in [0, 0.05) is 11.4 Å². The first-order valence-electron chi connectivity index (χ1n) is 7.89. The van der Waals surface area contributed by atoms with E-state index in [0.717, 1.165) is 25.4 Å². The van der Waals surface area contributed by atoms with E-state index in [0.29, 0.717) is 5.92 Å². The van der Waals surface area contributed by atoms with E-state index < -0.39 is 0 Å². The molecule has 21 heavy (non-hydrogen) atoms. The fourth-order valence-corrected chi connectivity index (χ4v) is 3.32. The lowest BCUT2D eigenvalue weighted by Crippen LogP contribution is -2.27. The van der Waals surface area contributed by atoms with E-state index in [1.165, 1.54) is 34.7 Å². The number of rotatable bonds is 7. The van der Waals surface area contributed by atoms with Gasteiger partial charge in [-0.2, -0.15) is 0 Å². The summed E-state index contributed by atoms with van der Waals surface area (Å²) in [6.07, 6.45) is 4.93. The Balaban J connectivity index is 1.63. The van der Waals surface area contributed by atoms with Crippen LogP contribution in [-0.4, -0.2) is 17.6 Å². The average molecular weight is 300 g/mol. The number of aromatic nitrogens is 1. The minimum absolute atomic E-state index is 0.634. The molecule has 2 nitrogen and oxygen atoms in total. The highest BCUT2D eigenvalue weighted by Crippen LogP contribution is 2.21. The first kappa shape index (κ1) is 14.7. The van der Waals surface area contributed by atoms with Crippen molar-refractivity contribution in [1.29, 1.82) is 0 Å². The summed E-state index contributed by atoms with van der Waals surface area (Å²) in [7, 11) is 0. The van der Waals surface area contributed by atoms with Crippen LogP contribution in [0.2, 0.25) is 0 Å². The van der Waals surface area contributed by atoms with Gasteiger partial charge < -0.3 is 5.32 Å². The number of nitrogens with one attached hydrogen (secondary N) is 1. The minimum atomic E-state index is 0.634. The van der Waals surface area contributed by atoms with Crippen LogP contribution in [0, 0.1) is 19.8 Å². The molecular weight excluding hydrogens is 276 g/mol. The maximum absolute atomic E-state index is 4.64. The van der Waals surface area contributed by atoms with Crippen molar-refractivity contribution in [1.82, 2.24) is 10.3 Å². The van der Waals surface area contributed by atoms with Gasteiger partial charge in [-0.15, -0.1) is 11.3 Å². The first-order valence-corrected chi connectivity index (χ1v) is 8.77. The molecule has 1 saturated carbocycles. The van der Waals surface area contributed by atoms with Gasteiger partial charge in [-0.1, -0.05) is 29.8 Å². The van der Waals surface area contributed by atoms with Crippen LogP contribution in [0.15, 0.2) is 29.6 Å². The van der Waals surface area contributed by atoms with E-state index in [1.54, 1.807) is 11.3 Å². The van der Waals surface area contributed by atoms with Crippen molar-refractivity contribution in [3.63, 3.8) is 0 Å². The Morgan fingerprint density at radius 3 is 2.57 bits per heavy atom. The van der Waals surface area contributed by atoms with Gasteiger partial charge in [-0.3, -0.25) is 0 Å². The second kappa shape index (κ2) is 6.71. The molecule has 1 aliphatic carbocycles. The Bertz CT molecular complexity index is 569. The van der Waals surface area contributed by atoms with Crippen LogP contribution in [0.5, 0.6) is 0 Å². The van der Waals surface area contributed by atoms with Crippen LogP contribution in [0.25, 0.3) is 0 Å². The third-order valence-corrected chi connectivity index (χ3v) is 4.90. The molecule has 1 aliphatic rings. The lowest BCUT2D eigenvalue weighted by Gasteiger charge is -2.17. The number of hydrogen-bond acceptors (Lipinski definition) is 3. The van der Waals surface area contributed by atoms with Crippen molar-refractivity contribution >= 4 is 11.3 Å². The summed E-state index contributed by atoms with van der Waals surface area (Å²) >= 11 is 1.76. The number of aryl methyl sites for hydroxylation is 2. The molecule has 2 aromatic rings. The number of nitrogens with zero attached hydrogens (tertiary/aromatic N) is 1. The van der Waals surface area contributed by atoms with Gasteiger partial charge in [-0.05, 0) is 57.6 Å². The third-order valence-electron chi connectivity index (χ3n) is 4.08. The second-order valence-corrected chi connectivity index (χ2v) is 7.36. The molecule has 1 aromatic carbocycles. The van der Waals surface area contributed by atoms with Crippen molar-refractivity contribution in [2.24, 2.45) is 5.92 Å². The highest BCUT2D eigenvalue weighted by Gasteiger charge is 2.22. The van der Waals surface area contributed by atoms with Crippen LogP contribution in [0.3, 0.4) is 0 Å². The van der Waals surface area contributed by atoms with Crippen LogP contribution in [-0.2, 0) is 12.8 Å². The predicted octanol–water partition coefficient (Wildman–Crippen LogP) is 3.91. The number of hydrogen-bond donors (Lipinski definition) is 1. The van der Waals surface area contributed by atoms with Gasteiger partial charge in [0.05, 0.1) is 10.7 Å². The van der Waals surface area contributed by atoms with E-state index in [1.807, 2.05) is 0 Å². The third kappa shape index (κ3) is 4.65. The summed E-state index contributed by atoms with van der Waals surface area (Å²) in [4.78, 5) is 4.64. The van der Waals surface area contributed by atoms with Crippen molar-refractivity contribution in [3.05, 3.63) is 51.5 Å². The van der Waals surface area contributed by atoms with Crippen LogP contribution in [0.4, 0.5) is 0 Å². The van der Waals surface area contributed by atoms with E-state index in [4.69, 9.17) is 0 Å². The smallest absolute Gasteiger partial charge is 0.0897 e. The molecule has 0 saturated heterocycles. The Hall–Kier alpha value is -1.19. The summed E-state index contributed by atoms with van der Waals surface area (Å²) in [5.41, 5.74) is 4.03. The molecule has 112 valence electrons. The Kier molecular flexibility index (Phi) is 4.71. The first-order chi connectivity index (χ1) is 10.2. The zero-order valence-corrected chi connectivity index (χ0v) is 13.7. The van der Waals surface area contributed by atoms with Crippen molar-refractivity contribution in [2.75, 3.05) is 6.54 Å². The quantitative estimate of drug-likeness (QED) is 0.838. The zero-order chi connectivity index (χ0) is 14.7. The van der Waals surface area contributed by atoms with Crippen molar-refractivity contribution < 1.29 is 0 Å². The molecule has 3 heteroatoms. The molecule has 0 spiro atoms. The highest BCUT2D eigenvalue weighted by atomic mass is 32.1. The van der Waals surface area contributed by atoms with E-state index in [-0.39, 0.29) is 0 Å². The standard InChI is InChI=1S/C18H24N2S/c1-13-3-5-15(6-4-13)9-16(11-19-17-7-8-17)10-18-12-21-14(2)20-18/h3-6,12,16-17,19H,7-11H2,1-2H3. The molecule has 3 rings (SSSR count). The molecule has 1 unspecified atom stereocenters. The molecule has 1 atom stereocenters. The van der Waals surface area contributed by atoms with Crippen LogP contribution in [0.1, 0.15) is 34.7 Å². The number of thiazole rings is 1. The van der Waals surface area contributed by atoms with Crippen LogP contribution >= 0.6 is 11.3 Å². The summed E-state index contributed by atoms with van der Waals surface area (Å²) in [6.45, 7) is 5.34. The zero-order valence-electron chi connectivity index (χ0n) is 12.9. The van der Waals surface area contributed by atoms with Crippen molar-refractivity contribution in [2.45, 2.75) is 45.6 Å². The minimum Gasteiger partial charge on any atom is -0.314 e. The molecule has 0 aliphatic heterocycles.